The van der Waals surface area contributed by atoms with Crippen LogP contribution in [0.2, 0.25) is 0 Å². The van der Waals surface area contributed by atoms with Gasteiger partial charge in [-0.25, -0.2) is 4.98 Å². The van der Waals surface area contributed by atoms with Crippen molar-refractivity contribution in [1.82, 2.24) is 19.9 Å². The molecule has 0 bridgehead atoms. The van der Waals surface area contributed by atoms with Gasteiger partial charge in [0, 0.05) is 30.7 Å². The summed E-state index contributed by atoms with van der Waals surface area (Å²) in [5.74, 6) is 0. The summed E-state index contributed by atoms with van der Waals surface area (Å²) in [4.78, 5) is 8.47. The van der Waals surface area contributed by atoms with Crippen molar-refractivity contribution in [2.75, 3.05) is 0 Å². The number of hydrogen-bond donors (Lipinski definition) is 1. The lowest BCUT2D eigenvalue weighted by atomic mass is 9.97. The van der Waals surface area contributed by atoms with Crippen molar-refractivity contribution in [3.8, 4) is 0 Å². The van der Waals surface area contributed by atoms with Crippen LogP contribution < -0.4 is 5.32 Å². The zero-order chi connectivity index (χ0) is 13.9. The van der Waals surface area contributed by atoms with Gasteiger partial charge in [0.1, 0.15) is 0 Å². The average molecular weight is 270 g/mol. The Morgan fingerprint density at radius 2 is 2.05 bits per heavy atom. The van der Waals surface area contributed by atoms with Gasteiger partial charge in [0.15, 0.2) is 0 Å². The summed E-state index contributed by atoms with van der Waals surface area (Å²) in [6, 6.07) is 5.45. The first-order valence-electron chi connectivity index (χ1n) is 7.43. The molecular weight excluding hydrogens is 248 g/mol. The maximum Gasteiger partial charge on any atom is 0.0954 e. The van der Waals surface area contributed by atoms with E-state index in [0.29, 0.717) is 12.1 Å². The smallest absolute Gasteiger partial charge is 0.0954 e. The fourth-order valence-corrected chi connectivity index (χ4v) is 3.08. The zero-order valence-corrected chi connectivity index (χ0v) is 12.2. The number of nitrogens with zero attached hydrogens (tertiary/aromatic N) is 3. The van der Waals surface area contributed by atoms with Crippen molar-refractivity contribution in [2.45, 2.75) is 51.2 Å². The van der Waals surface area contributed by atoms with Crippen molar-refractivity contribution in [2.24, 2.45) is 0 Å². The minimum absolute atomic E-state index is 0.287. The maximum absolute atomic E-state index is 4.38. The monoisotopic (exact) mass is 270 g/mol. The highest BCUT2D eigenvalue weighted by Crippen LogP contribution is 2.28. The molecule has 0 saturated carbocycles. The first-order chi connectivity index (χ1) is 9.75. The average Bonchev–Trinajstić information content (AvgIpc) is 2.97. The molecule has 3 unspecified atom stereocenters. The number of imidazole rings is 1. The molecule has 0 aromatic carbocycles. The van der Waals surface area contributed by atoms with E-state index in [2.05, 4.69) is 45.8 Å². The second-order valence-electron chi connectivity index (χ2n) is 5.73. The Bertz CT molecular complexity index is 549. The quantitative estimate of drug-likeness (QED) is 0.932. The lowest BCUT2D eigenvalue weighted by molar-refractivity contribution is 0.327. The summed E-state index contributed by atoms with van der Waals surface area (Å²) < 4.78 is 2.28. The molecule has 0 aliphatic carbocycles. The van der Waals surface area contributed by atoms with E-state index < -0.39 is 0 Å². The normalized spacial score (nSPS) is 24.5. The third kappa shape index (κ3) is 2.61. The van der Waals surface area contributed by atoms with Gasteiger partial charge >= 0.3 is 0 Å². The molecule has 106 valence electrons. The molecule has 1 N–H and O–H groups in total. The summed E-state index contributed by atoms with van der Waals surface area (Å²) in [5, 5.41) is 3.69. The molecule has 1 fully saturated rings. The van der Waals surface area contributed by atoms with E-state index >= 15 is 0 Å². The first kappa shape index (κ1) is 13.3. The lowest BCUT2D eigenvalue weighted by Gasteiger charge is -2.30. The number of rotatable bonds is 3. The van der Waals surface area contributed by atoms with Crippen molar-refractivity contribution in [1.29, 1.82) is 0 Å². The SMILES string of the molecule is CC1CCCC(c2cncn2C(C)c2ccncc2)N1. The Morgan fingerprint density at radius 1 is 1.25 bits per heavy atom. The van der Waals surface area contributed by atoms with Gasteiger partial charge in [-0.3, -0.25) is 4.98 Å². The van der Waals surface area contributed by atoms with Crippen molar-refractivity contribution >= 4 is 0 Å². The molecule has 1 aliphatic rings. The number of pyridine rings is 1. The molecular formula is C16H22N4. The zero-order valence-electron chi connectivity index (χ0n) is 12.2. The summed E-state index contributed by atoms with van der Waals surface area (Å²) in [6.45, 7) is 4.48. The number of hydrogen-bond acceptors (Lipinski definition) is 3. The van der Waals surface area contributed by atoms with Gasteiger partial charge in [0.05, 0.1) is 18.1 Å². The highest BCUT2D eigenvalue weighted by molar-refractivity contribution is 5.19. The molecule has 1 aliphatic heterocycles. The van der Waals surface area contributed by atoms with Gasteiger partial charge in [0.2, 0.25) is 0 Å². The van der Waals surface area contributed by atoms with Crippen LogP contribution in [0.4, 0.5) is 0 Å². The maximum atomic E-state index is 4.38. The molecule has 4 heteroatoms. The van der Waals surface area contributed by atoms with Crippen LogP contribution in [-0.2, 0) is 0 Å². The minimum atomic E-state index is 0.287. The predicted octanol–water partition coefficient (Wildman–Crippen LogP) is 3.09. The molecule has 20 heavy (non-hydrogen) atoms. The molecule has 3 rings (SSSR count). The van der Waals surface area contributed by atoms with Crippen LogP contribution in [0.1, 0.15) is 56.5 Å². The molecule has 0 radical (unpaired) electrons. The molecule has 2 aromatic rings. The first-order valence-corrected chi connectivity index (χ1v) is 7.43. The topological polar surface area (TPSA) is 42.7 Å². The summed E-state index contributed by atoms with van der Waals surface area (Å²) in [5.41, 5.74) is 2.56. The van der Waals surface area contributed by atoms with Gasteiger partial charge < -0.3 is 9.88 Å². The lowest BCUT2D eigenvalue weighted by Crippen LogP contribution is -2.35. The van der Waals surface area contributed by atoms with Crippen LogP contribution in [0.15, 0.2) is 37.1 Å². The second kappa shape index (κ2) is 5.75. The molecule has 0 amide bonds. The summed E-state index contributed by atoms with van der Waals surface area (Å²) in [7, 11) is 0. The number of aromatic nitrogens is 3. The minimum Gasteiger partial charge on any atom is -0.326 e. The van der Waals surface area contributed by atoms with E-state index in [1.54, 1.807) is 0 Å². The van der Waals surface area contributed by atoms with Gasteiger partial charge in [-0.1, -0.05) is 0 Å². The Labute approximate surface area is 120 Å². The van der Waals surface area contributed by atoms with Crippen molar-refractivity contribution in [3.05, 3.63) is 48.3 Å². The highest BCUT2D eigenvalue weighted by atomic mass is 15.1. The van der Waals surface area contributed by atoms with E-state index in [1.807, 2.05) is 24.9 Å². The van der Waals surface area contributed by atoms with E-state index in [0.717, 1.165) is 0 Å². The standard InChI is InChI=1S/C16H22N4/c1-12-4-3-5-15(19-12)16-10-18-11-20(16)13(2)14-6-8-17-9-7-14/h6-13,15,19H,3-5H2,1-2H3. The molecule has 0 spiro atoms. The number of piperidine rings is 1. The highest BCUT2D eigenvalue weighted by Gasteiger charge is 2.23. The van der Waals surface area contributed by atoms with Crippen LogP contribution in [0.5, 0.6) is 0 Å². The summed E-state index contributed by atoms with van der Waals surface area (Å²) in [6.07, 6.45) is 11.4. The molecule has 3 heterocycles. The largest absolute Gasteiger partial charge is 0.326 e. The Morgan fingerprint density at radius 3 is 2.80 bits per heavy atom. The molecule has 2 aromatic heterocycles. The van der Waals surface area contributed by atoms with Gasteiger partial charge in [-0.15, -0.1) is 0 Å². The molecule has 3 atom stereocenters. The second-order valence-corrected chi connectivity index (χ2v) is 5.73. The van der Waals surface area contributed by atoms with Crippen LogP contribution in [0.3, 0.4) is 0 Å². The third-order valence-corrected chi connectivity index (χ3v) is 4.27. The molecule has 1 saturated heterocycles. The van der Waals surface area contributed by atoms with Crippen molar-refractivity contribution in [3.63, 3.8) is 0 Å². The third-order valence-electron chi connectivity index (χ3n) is 4.27. The van der Waals surface area contributed by atoms with Crippen molar-refractivity contribution < 1.29 is 0 Å². The van der Waals surface area contributed by atoms with E-state index in [9.17, 15) is 0 Å². The Balaban J connectivity index is 1.86. The van der Waals surface area contributed by atoms with Crippen LogP contribution in [0.25, 0.3) is 0 Å². The van der Waals surface area contributed by atoms with E-state index in [1.165, 1.54) is 30.5 Å². The van der Waals surface area contributed by atoms with Gasteiger partial charge in [-0.2, -0.15) is 0 Å². The van der Waals surface area contributed by atoms with Crippen LogP contribution in [-0.4, -0.2) is 20.6 Å². The number of nitrogens with one attached hydrogen (secondary N) is 1. The Kier molecular flexibility index (Phi) is 3.83. The predicted molar refractivity (Wildman–Crippen MR) is 79.5 cm³/mol. The van der Waals surface area contributed by atoms with Gasteiger partial charge in [-0.05, 0) is 50.8 Å². The van der Waals surface area contributed by atoms with E-state index in [4.69, 9.17) is 0 Å². The summed E-state index contributed by atoms with van der Waals surface area (Å²) >= 11 is 0. The molecule has 4 nitrogen and oxygen atoms in total. The fourth-order valence-electron chi connectivity index (χ4n) is 3.08. The fraction of sp³-hybridized carbons (Fsp3) is 0.500. The van der Waals surface area contributed by atoms with Crippen LogP contribution >= 0.6 is 0 Å². The Hall–Kier alpha value is -1.68. The van der Waals surface area contributed by atoms with Crippen LogP contribution in [0, 0.1) is 0 Å². The van der Waals surface area contributed by atoms with E-state index in [-0.39, 0.29) is 6.04 Å². The van der Waals surface area contributed by atoms with Gasteiger partial charge in [0.25, 0.3) is 0 Å².